The molecule has 0 spiro atoms. The summed E-state index contributed by atoms with van der Waals surface area (Å²) in [6.45, 7) is 19.0. The molecule has 0 unspecified atom stereocenters. The van der Waals surface area contributed by atoms with E-state index in [2.05, 4.69) is 47.6 Å². The molecule has 48 heavy (non-hydrogen) atoms. The van der Waals surface area contributed by atoms with Gasteiger partial charge in [0.2, 0.25) is 5.88 Å². The Morgan fingerprint density at radius 1 is 0.958 bits per heavy atom. The largest absolute Gasteiger partial charge is 0.477 e. The molecule has 3 aliphatic rings. The number of nitrogens with zero attached hydrogens (tertiary/aromatic N) is 7. The summed E-state index contributed by atoms with van der Waals surface area (Å²) in [6.07, 6.45) is 7.56. The summed E-state index contributed by atoms with van der Waals surface area (Å²) in [5.41, 5.74) is 6.72. The number of pyridine rings is 1. The number of hydrogen-bond acceptors (Lipinski definition) is 7. The molecule has 9 nitrogen and oxygen atoms in total. The van der Waals surface area contributed by atoms with E-state index in [1.54, 1.807) is 0 Å². The van der Waals surface area contributed by atoms with E-state index in [4.69, 9.17) is 14.8 Å². The van der Waals surface area contributed by atoms with Gasteiger partial charge in [-0.1, -0.05) is 54.6 Å². The van der Waals surface area contributed by atoms with Crippen molar-refractivity contribution in [2.45, 2.75) is 19.8 Å². The lowest BCUT2D eigenvalue weighted by Crippen LogP contribution is -2.44. The molecule has 0 bridgehead atoms. The molecule has 1 amide bonds. The van der Waals surface area contributed by atoms with E-state index in [1.165, 1.54) is 5.01 Å². The van der Waals surface area contributed by atoms with Crippen molar-refractivity contribution in [1.29, 1.82) is 0 Å². The Labute approximate surface area is 281 Å². The van der Waals surface area contributed by atoms with Crippen molar-refractivity contribution >= 4 is 35.0 Å². The lowest BCUT2D eigenvalue weighted by atomic mass is 9.76. The normalized spacial score (nSPS) is 18.8. The monoisotopic (exact) mass is 637 g/mol. The summed E-state index contributed by atoms with van der Waals surface area (Å²) in [4.78, 5) is 23.7. The summed E-state index contributed by atoms with van der Waals surface area (Å²) >= 11 is 0. The first-order valence-electron chi connectivity index (χ1n) is 16.3. The maximum Gasteiger partial charge on any atom is 0.280 e. The molecule has 3 aliphatic heterocycles. The molecule has 4 aromatic rings. The van der Waals surface area contributed by atoms with Gasteiger partial charge in [0.15, 0.2) is 0 Å². The van der Waals surface area contributed by atoms with Crippen molar-refractivity contribution in [3.8, 4) is 11.6 Å². The van der Waals surface area contributed by atoms with E-state index in [9.17, 15) is 4.79 Å². The maximum atomic E-state index is 13.9. The van der Waals surface area contributed by atoms with Crippen LogP contribution in [-0.2, 0) is 4.79 Å². The number of fused-ring (bicyclic) bond motifs is 5. The Bertz CT molecular complexity index is 1950. The molecule has 0 aliphatic carbocycles. The fourth-order valence-electron chi connectivity index (χ4n) is 7.04. The highest BCUT2D eigenvalue weighted by molar-refractivity contribution is 6.32. The van der Waals surface area contributed by atoms with Gasteiger partial charge in [0.05, 0.1) is 35.0 Å². The van der Waals surface area contributed by atoms with Gasteiger partial charge in [-0.2, -0.15) is 15.2 Å². The first-order chi connectivity index (χ1) is 23.4. The third-order valence-corrected chi connectivity index (χ3v) is 9.12. The van der Waals surface area contributed by atoms with Crippen LogP contribution in [0.25, 0.3) is 11.8 Å². The number of rotatable bonds is 10. The standard InChI is InChI=1S/C39H39N7O2/c1-6-19-43(20-7-2)36-28(22-32-26(4)41-45(38(32)47)30-15-11-9-12-16-30)23-33-35-29(24-44(21-8-3)37(33)40-36)25-48-39-34(35)27(5)42-46(39)31-17-13-10-14-18-31/h6-18,22-23,29,35H,1-3,19-21,24-25H2,4-5H3/b32-22-/t29-,35+/m0/s1. The average Bonchev–Trinajstić information content (AvgIpc) is 3.59. The SMILES string of the molecule is C=CCN(CC=C)c1nc2c(cc1/C=C1\C(=O)N(c3ccccc3)N=C1C)[C@@H]1c3c(C)nn(-c4ccccc4)c3OC[C@@H]1CN2CC=C. The quantitative estimate of drug-likeness (QED) is 0.142. The molecule has 5 heterocycles. The fraction of sp³-hybridized carbons (Fsp3) is 0.231. The summed E-state index contributed by atoms with van der Waals surface area (Å²) in [7, 11) is 0. The van der Waals surface area contributed by atoms with Crippen molar-refractivity contribution < 1.29 is 9.53 Å². The Morgan fingerprint density at radius 2 is 1.65 bits per heavy atom. The molecule has 7 rings (SSSR count). The third-order valence-electron chi connectivity index (χ3n) is 9.12. The summed E-state index contributed by atoms with van der Waals surface area (Å²) in [5, 5.41) is 11.1. The minimum atomic E-state index is -0.180. The van der Waals surface area contributed by atoms with Crippen LogP contribution in [0.5, 0.6) is 5.88 Å². The van der Waals surface area contributed by atoms with Gasteiger partial charge in [-0.3, -0.25) is 4.79 Å². The lowest BCUT2D eigenvalue weighted by Gasteiger charge is -2.43. The number of para-hydroxylation sites is 2. The van der Waals surface area contributed by atoms with E-state index in [1.807, 2.05) is 96.6 Å². The number of amides is 1. The van der Waals surface area contributed by atoms with Crippen LogP contribution in [0.1, 0.15) is 35.2 Å². The number of ether oxygens (including phenoxy) is 1. The zero-order valence-corrected chi connectivity index (χ0v) is 27.4. The Morgan fingerprint density at radius 3 is 2.31 bits per heavy atom. The van der Waals surface area contributed by atoms with E-state index in [-0.39, 0.29) is 17.7 Å². The lowest BCUT2D eigenvalue weighted by molar-refractivity contribution is -0.114. The van der Waals surface area contributed by atoms with Crippen molar-refractivity contribution in [3.05, 3.63) is 133 Å². The number of anilines is 3. The van der Waals surface area contributed by atoms with E-state index in [0.29, 0.717) is 37.5 Å². The molecular weight excluding hydrogens is 598 g/mol. The smallest absolute Gasteiger partial charge is 0.280 e. The number of carbonyl (C=O) groups is 1. The van der Waals surface area contributed by atoms with Crippen molar-refractivity contribution in [2.75, 3.05) is 47.6 Å². The molecule has 0 fully saturated rings. The molecular formula is C39H39N7O2. The van der Waals surface area contributed by atoms with Gasteiger partial charge >= 0.3 is 0 Å². The fourth-order valence-corrected chi connectivity index (χ4v) is 7.04. The van der Waals surface area contributed by atoms with Crippen LogP contribution in [-0.4, -0.2) is 59.2 Å². The Hall–Kier alpha value is -5.70. The van der Waals surface area contributed by atoms with Crippen LogP contribution in [0.2, 0.25) is 0 Å². The molecule has 0 radical (unpaired) electrons. The third kappa shape index (κ3) is 5.31. The number of carbonyl (C=O) groups excluding carboxylic acids is 1. The first-order valence-corrected chi connectivity index (χ1v) is 16.3. The van der Waals surface area contributed by atoms with Crippen LogP contribution in [0, 0.1) is 12.8 Å². The molecule has 2 aromatic heterocycles. The van der Waals surface area contributed by atoms with Gasteiger partial charge in [0, 0.05) is 54.7 Å². The molecule has 0 N–H and O–H groups in total. The van der Waals surface area contributed by atoms with E-state index >= 15 is 0 Å². The second-order valence-electron chi connectivity index (χ2n) is 12.3. The zero-order chi connectivity index (χ0) is 33.4. The van der Waals surface area contributed by atoms with E-state index < -0.39 is 0 Å². The maximum absolute atomic E-state index is 13.9. The molecule has 2 aromatic carbocycles. The number of aromatic nitrogens is 3. The molecule has 0 saturated carbocycles. The van der Waals surface area contributed by atoms with Gasteiger partial charge in [-0.25, -0.2) is 9.67 Å². The summed E-state index contributed by atoms with van der Waals surface area (Å²) in [5.74, 6) is 2.37. The zero-order valence-electron chi connectivity index (χ0n) is 27.4. The van der Waals surface area contributed by atoms with Crippen LogP contribution < -0.4 is 19.5 Å². The number of hydrogen-bond donors (Lipinski definition) is 0. The van der Waals surface area contributed by atoms with Crippen LogP contribution >= 0.6 is 0 Å². The number of aryl methyl sites for hydroxylation is 1. The highest BCUT2D eigenvalue weighted by Crippen LogP contribution is 2.50. The minimum Gasteiger partial charge on any atom is -0.477 e. The number of benzene rings is 2. The van der Waals surface area contributed by atoms with Gasteiger partial charge < -0.3 is 14.5 Å². The predicted molar refractivity (Wildman–Crippen MR) is 193 cm³/mol. The van der Waals surface area contributed by atoms with Crippen LogP contribution in [0.3, 0.4) is 0 Å². The average molecular weight is 638 g/mol. The highest BCUT2D eigenvalue weighted by Gasteiger charge is 2.43. The molecule has 2 atom stereocenters. The van der Waals surface area contributed by atoms with Crippen LogP contribution in [0.15, 0.2) is 115 Å². The Balaban J connectivity index is 1.43. The van der Waals surface area contributed by atoms with Crippen molar-refractivity contribution in [1.82, 2.24) is 14.8 Å². The van der Waals surface area contributed by atoms with Gasteiger partial charge in [-0.15, -0.1) is 19.7 Å². The topological polar surface area (TPSA) is 79.1 Å². The predicted octanol–water partition coefficient (Wildman–Crippen LogP) is 6.71. The minimum absolute atomic E-state index is 0.0110. The molecule has 9 heteroatoms. The second kappa shape index (κ2) is 12.8. The number of hydrazone groups is 1. The van der Waals surface area contributed by atoms with E-state index in [0.717, 1.165) is 57.8 Å². The van der Waals surface area contributed by atoms with Gasteiger partial charge in [0.25, 0.3) is 5.91 Å². The van der Waals surface area contributed by atoms with Crippen molar-refractivity contribution in [3.63, 3.8) is 0 Å². The molecule has 0 saturated heterocycles. The first kappa shape index (κ1) is 30.9. The Kier molecular flexibility index (Phi) is 8.27. The van der Waals surface area contributed by atoms with Crippen molar-refractivity contribution in [2.24, 2.45) is 11.0 Å². The highest BCUT2D eigenvalue weighted by atomic mass is 16.5. The summed E-state index contributed by atoms with van der Waals surface area (Å²) < 4.78 is 8.42. The van der Waals surface area contributed by atoms with Crippen LogP contribution in [0.4, 0.5) is 17.3 Å². The van der Waals surface area contributed by atoms with Gasteiger partial charge in [-0.05, 0) is 50.3 Å². The van der Waals surface area contributed by atoms with Gasteiger partial charge in [0.1, 0.15) is 11.6 Å². The second-order valence-corrected chi connectivity index (χ2v) is 12.3. The molecule has 242 valence electrons. The summed E-state index contributed by atoms with van der Waals surface area (Å²) in [6, 6.07) is 21.8.